The van der Waals surface area contributed by atoms with Crippen LogP contribution in [0, 0.1) is 24.2 Å². The number of amides is 3. The van der Waals surface area contributed by atoms with Gasteiger partial charge in [0.2, 0.25) is 11.8 Å². The molecule has 6 aromatic rings. The molecule has 13 heteroatoms. The van der Waals surface area contributed by atoms with Crippen LogP contribution in [0.5, 0.6) is 5.75 Å². The molecule has 315 valence electrons. The molecule has 3 aliphatic rings. The number of rotatable bonds is 11. The Bertz CT molecular complexity index is 2600. The average Bonchev–Trinajstić information content (AvgIpc) is 4.10. The zero-order valence-electron chi connectivity index (χ0n) is 35.2. The van der Waals surface area contributed by atoms with E-state index >= 15 is 0 Å². The van der Waals surface area contributed by atoms with E-state index < -0.39 is 12.1 Å². The molecule has 3 amide bonds. The van der Waals surface area contributed by atoms with Gasteiger partial charge < -0.3 is 39.3 Å². The molecule has 0 bridgehead atoms. The van der Waals surface area contributed by atoms with Crippen LogP contribution >= 0.6 is 0 Å². The van der Waals surface area contributed by atoms with E-state index in [1.165, 1.54) is 7.11 Å². The number of H-pyrrole nitrogens is 2. The van der Waals surface area contributed by atoms with Crippen molar-refractivity contribution in [1.29, 1.82) is 0 Å². The Hall–Kier alpha value is -6.21. The molecular weight excluding hydrogens is 771 g/mol. The first kappa shape index (κ1) is 40.2. The van der Waals surface area contributed by atoms with Crippen molar-refractivity contribution in [3.8, 4) is 28.1 Å². The molecule has 61 heavy (non-hydrogen) atoms. The average molecular weight is 823 g/mol. The quantitative estimate of drug-likeness (QED) is 0.118. The first-order valence-corrected chi connectivity index (χ1v) is 21.2. The first-order chi connectivity index (χ1) is 29.6. The summed E-state index contributed by atoms with van der Waals surface area (Å²) < 4.78 is 16.8. The summed E-state index contributed by atoms with van der Waals surface area (Å²) >= 11 is 0. The number of alkyl carbamates (subject to hydrolysis) is 1. The number of benzene rings is 4. The van der Waals surface area contributed by atoms with Gasteiger partial charge in [-0.1, -0.05) is 75.7 Å². The highest BCUT2D eigenvalue weighted by atomic mass is 16.5. The predicted molar refractivity (Wildman–Crippen MR) is 232 cm³/mol. The van der Waals surface area contributed by atoms with E-state index in [-0.39, 0.29) is 41.7 Å². The Morgan fingerprint density at radius 3 is 2.56 bits per heavy atom. The smallest absolute Gasteiger partial charge is 0.407 e. The Morgan fingerprint density at radius 1 is 0.951 bits per heavy atom. The van der Waals surface area contributed by atoms with Gasteiger partial charge in [-0.2, -0.15) is 0 Å². The van der Waals surface area contributed by atoms with Crippen LogP contribution in [-0.2, 0) is 25.7 Å². The van der Waals surface area contributed by atoms with Crippen molar-refractivity contribution in [1.82, 2.24) is 35.1 Å². The summed E-state index contributed by atoms with van der Waals surface area (Å²) in [5.74, 6) is 2.52. The number of aromatic amines is 2. The SMILES string of the molecule is CC[C@@H](C)[C@H](NC(=O)OC)C(=O)N1C[C@@H](C)C[C@H]1c1ncc(-c2ccc3c(c2)COc2cc4c(ccc5nc([C@@H]6C[C@H](COC)CN6C(=O)[CH]c6ccccc6)[nH]c54)cc2-3)[nH]1. The van der Waals surface area contributed by atoms with Crippen LogP contribution in [-0.4, -0.2) is 87.6 Å². The Labute approximate surface area is 355 Å². The number of methoxy groups -OCH3 is 2. The summed E-state index contributed by atoms with van der Waals surface area (Å²) in [7, 11) is 3.01. The van der Waals surface area contributed by atoms with Gasteiger partial charge in [0.1, 0.15) is 30.0 Å². The van der Waals surface area contributed by atoms with E-state index in [9.17, 15) is 14.4 Å². The number of likely N-dealkylation sites (tertiary alicyclic amines) is 2. The molecule has 6 atom stereocenters. The lowest BCUT2D eigenvalue weighted by Crippen LogP contribution is -2.51. The van der Waals surface area contributed by atoms with E-state index in [0.717, 1.165) is 92.0 Å². The molecule has 9 rings (SSSR count). The summed E-state index contributed by atoms with van der Waals surface area (Å²) in [5, 5.41) is 4.83. The van der Waals surface area contributed by atoms with Crippen LogP contribution in [0.3, 0.4) is 0 Å². The number of nitrogens with zero attached hydrogens (tertiary/aromatic N) is 4. The normalized spacial score (nSPS) is 20.6. The van der Waals surface area contributed by atoms with Crippen LogP contribution in [0.2, 0.25) is 0 Å². The second-order valence-corrected chi connectivity index (χ2v) is 17.0. The number of fused-ring (bicyclic) bond motifs is 6. The number of imidazole rings is 2. The molecule has 2 saturated heterocycles. The summed E-state index contributed by atoms with van der Waals surface area (Å²) in [6, 6.07) is 23.3. The van der Waals surface area contributed by atoms with Gasteiger partial charge in [-0.3, -0.25) is 9.59 Å². The minimum absolute atomic E-state index is 0.0407. The first-order valence-electron chi connectivity index (χ1n) is 21.2. The molecule has 0 unspecified atom stereocenters. The fourth-order valence-electron chi connectivity index (χ4n) is 9.44. The second kappa shape index (κ2) is 16.7. The lowest BCUT2D eigenvalue weighted by Gasteiger charge is -2.30. The molecule has 4 aromatic carbocycles. The van der Waals surface area contributed by atoms with Gasteiger partial charge in [0, 0.05) is 37.1 Å². The molecule has 1 radical (unpaired) electrons. The molecule has 3 aliphatic heterocycles. The minimum atomic E-state index is -0.693. The van der Waals surface area contributed by atoms with Gasteiger partial charge in [-0.25, -0.2) is 14.8 Å². The van der Waals surface area contributed by atoms with Gasteiger partial charge in [0.25, 0.3) is 0 Å². The van der Waals surface area contributed by atoms with E-state index in [1.54, 1.807) is 13.5 Å². The number of carbonyl (C=O) groups excluding carboxylic acids is 3. The fourth-order valence-corrected chi connectivity index (χ4v) is 9.44. The van der Waals surface area contributed by atoms with Crippen LogP contribution < -0.4 is 10.1 Å². The molecule has 13 nitrogen and oxygen atoms in total. The third kappa shape index (κ3) is 7.71. The van der Waals surface area contributed by atoms with Crippen molar-refractivity contribution in [2.75, 3.05) is 33.9 Å². The molecular formula is C48H52N7O6. The number of hydrogen-bond acceptors (Lipinski definition) is 8. The maximum absolute atomic E-state index is 14.0. The van der Waals surface area contributed by atoms with E-state index in [4.69, 9.17) is 24.2 Å². The lowest BCUT2D eigenvalue weighted by atomic mass is 9.92. The van der Waals surface area contributed by atoms with Gasteiger partial charge in [0.05, 0.1) is 55.1 Å². The highest BCUT2D eigenvalue weighted by molar-refractivity contribution is 6.07. The maximum atomic E-state index is 14.0. The number of ether oxygens (including phenoxy) is 3. The van der Waals surface area contributed by atoms with Crippen molar-refractivity contribution in [3.63, 3.8) is 0 Å². The zero-order valence-corrected chi connectivity index (χ0v) is 35.2. The summed E-state index contributed by atoms with van der Waals surface area (Å²) in [4.78, 5) is 60.6. The maximum Gasteiger partial charge on any atom is 0.407 e. The summed E-state index contributed by atoms with van der Waals surface area (Å²) in [6.45, 7) is 8.25. The van der Waals surface area contributed by atoms with Gasteiger partial charge in [-0.15, -0.1) is 0 Å². The summed E-state index contributed by atoms with van der Waals surface area (Å²) in [6.07, 6.45) is 5.16. The van der Waals surface area contributed by atoms with Gasteiger partial charge in [0.15, 0.2) is 0 Å². The highest BCUT2D eigenvalue weighted by Gasteiger charge is 2.41. The van der Waals surface area contributed by atoms with Crippen LogP contribution in [0.1, 0.15) is 74.9 Å². The van der Waals surface area contributed by atoms with Crippen LogP contribution in [0.4, 0.5) is 4.79 Å². The van der Waals surface area contributed by atoms with Crippen LogP contribution in [0.15, 0.2) is 79.0 Å². The standard InChI is InChI=1S/C48H52N7O6/c1-6-28(3)43(53-48(58)60-5)47(57)55-23-27(2)16-39(55)45-49-22-38(51-45)32-12-14-34-33(19-32)26-61-41-21-35-31(20-36(34)41)13-15-37-44(35)52-46(50-37)40-17-30(25-59-4)24-54(40)42(56)18-29-10-8-7-9-11-29/h7-15,18-22,27-28,30,39-40,43H,6,16-17,23-26H2,1-5H3,(H,49,51)(H,50,52)(H,53,58)/t27-,28+,30-,39-,40-,43-/m0/s1. The molecule has 0 aliphatic carbocycles. The number of aromatic nitrogens is 4. The number of hydrogen-bond donors (Lipinski definition) is 3. The third-order valence-electron chi connectivity index (χ3n) is 12.8. The predicted octanol–water partition coefficient (Wildman–Crippen LogP) is 8.13. The third-order valence-corrected chi connectivity index (χ3v) is 12.8. The van der Waals surface area contributed by atoms with Crippen molar-refractivity contribution < 1.29 is 28.6 Å². The number of nitrogens with one attached hydrogen (secondary N) is 3. The second-order valence-electron chi connectivity index (χ2n) is 17.0. The van der Waals surface area contributed by atoms with E-state index in [2.05, 4.69) is 58.6 Å². The lowest BCUT2D eigenvalue weighted by molar-refractivity contribution is -0.136. The molecule has 2 aromatic heterocycles. The van der Waals surface area contributed by atoms with Crippen molar-refractivity contribution in [2.45, 2.75) is 64.8 Å². The van der Waals surface area contributed by atoms with Crippen molar-refractivity contribution in [3.05, 3.63) is 108 Å². The Kier molecular flexibility index (Phi) is 11.0. The van der Waals surface area contributed by atoms with Gasteiger partial charge >= 0.3 is 6.09 Å². The summed E-state index contributed by atoms with van der Waals surface area (Å²) in [5.41, 5.74) is 7.63. The van der Waals surface area contributed by atoms with Crippen molar-refractivity contribution in [2.24, 2.45) is 17.8 Å². The Balaban J connectivity index is 0.967. The van der Waals surface area contributed by atoms with Crippen LogP contribution in [0.25, 0.3) is 44.2 Å². The minimum Gasteiger partial charge on any atom is -0.488 e. The molecule has 0 spiro atoms. The number of carbonyl (C=O) groups is 3. The van der Waals surface area contributed by atoms with Crippen molar-refractivity contribution >= 4 is 39.7 Å². The Morgan fingerprint density at radius 2 is 1.77 bits per heavy atom. The highest BCUT2D eigenvalue weighted by Crippen LogP contribution is 2.44. The topological polar surface area (TPSA) is 155 Å². The largest absolute Gasteiger partial charge is 0.488 e. The van der Waals surface area contributed by atoms with E-state index in [1.807, 2.05) is 66.2 Å². The zero-order chi connectivity index (χ0) is 42.4. The molecule has 5 heterocycles. The molecule has 2 fully saturated rings. The molecule has 3 N–H and O–H groups in total. The fraction of sp³-hybridized carbons (Fsp3) is 0.375. The monoisotopic (exact) mass is 822 g/mol. The molecule has 0 saturated carbocycles. The van der Waals surface area contributed by atoms with Gasteiger partial charge in [-0.05, 0) is 76.6 Å². The van der Waals surface area contributed by atoms with E-state index in [0.29, 0.717) is 26.3 Å².